The topological polar surface area (TPSA) is 95.5 Å². The molecule has 0 atom stereocenters. The van der Waals surface area contributed by atoms with Crippen LogP contribution in [-0.4, -0.2) is 19.4 Å². The number of amides is 1. The van der Waals surface area contributed by atoms with Crippen LogP contribution in [0.5, 0.6) is 5.75 Å². The predicted octanol–water partition coefficient (Wildman–Crippen LogP) is 3.30. The van der Waals surface area contributed by atoms with Gasteiger partial charge in [0.25, 0.3) is 10.0 Å². The van der Waals surface area contributed by atoms with Crippen LogP contribution in [0.15, 0.2) is 65.6 Å². The van der Waals surface area contributed by atoms with Gasteiger partial charge in [0.2, 0.25) is 5.91 Å². The van der Waals surface area contributed by atoms with Gasteiger partial charge in [-0.15, -0.1) is 0 Å². The zero-order valence-corrected chi connectivity index (χ0v) is 14.2. The van der Waals surface area contributed by atoms with Gasteiger partial charge < -0.3 is 10.4 Å². The first-order valence-electron chi connectivity index (χ1n) is 7.48. The maximum Gasteiger partial charge on any atom is 0.261 e. The maximum atomic E-state index is 12.7. The zero-order valence-electron chi connectivity index (χ0n) is 13.4. The van der Waals surface area contributed by atoms with Gasteiger partial charge in [0.15, 0.2) is 0 Å². The Labute approximate surface area is 145 Å². The fourth-order valence-electron chi connectivity index (χ4n) is 2.49. The predicted molar refractivity (Wildman–Crippen MR) is 97.2 cm³/mol. The zero-order chi connectivity index (χ0) is 18.0. The molecule has 128 valence electrons. The van der Waals surface area contributed by atoms with Crippen LogP contribution in [0.4, 0.5) is 11.4 Å². The SMILES string of the molecule is CC(=O)Nc1cc(S(=O)(=O)Nc2cccc3ccccc23)ccc1O. The highest BCUT2D eigenvalue weighted by molar-refractivity contribution is 7.92. The number of hydrogen-bond donors (Lipinski definition) is 3. The van der Waals surface area contributed by atoms with Gasteiger partial charge in [-0.25, -0.2) is 8.42 Å². The van der Waals surface area contributed by atoms with Crippen molar-refractivity contribution in [3.8, 4) is 5.75 Å². The van der Waals surface area contributed by atoms with Crippen molar-refractivity contribution in [3.63, 3.8) is 0 Å². The Hall–Kier alpha value is -3.06. The largest absolute Gasteiger partial charge is 0.506 e. The van der Waals surface area contributed by atoms with Crippen molar-refractivity contribution in [3.05, 3.63) is 60.7 Å². The van der Waals surface area contributed by atoms with E-state index in [2.05, 4.69) is 10.0 Å². The van der Waals surface area contributed by atoms with Crippen molar-refractivity contribution in [2.24, 2.45) is 0 Å². The summed E-state index contributed by atoms with van der Waals surface area (Å²) in [7, 11) is -3.89. The fraction of sp³-hybridized carbons (Fsp3) is 0.0556. The van der Waals surface area contributed by atoms with E-state index in [9.17, 15) is 18.3 Å². The molecule has 0 radical (unpaired) electrons. The average Bonchev–Trinajstić information content (AvgIpc) is 2.56. The van der Waals surface area contributed by atoms with Gasteiger partial charge in [-0.2, -0.15) is 0 Å². The number of anilines is 2. The van der Waals surface area contributed by atoms with Crippen LogP contribution in [-0.2, 0) is 14.8 Å². The number of carbonyl (C=O) groups excluding carboxylic acids is 1. The highest BCUT2D eigenvalue weighted by Gasteiger charge is 2.17. The van der Waals surface area contributed by atoms with E-state index in [1.54, 1.807) is 12.1 Å². The Morgan fingerprint density at radius 3 is 2.44 bits per heavy atom. The third kappa shape index (κ3) is 3.56. The minimum atomic E-state index is -3.89. The van der Waals surface area contributed by atoms with Crippen molar-refractivity contribution in [2.45, 2.75) is 11.8 Å². The molecule has 0 aliphatic rings. The van der Waals surface area contributed by atoms with Crippen LogP contribution in [0.25, 0.3) is 10.8 Å². The number of carbonyl (C=O) groups is 1. The molecule has 0 fully saturated rings. The van der Waals surface area contributed by atoms with E-state index in [0.29, 0.717) is 5.69 Å². The van der Waals surface area contributed by atoms with Crippen LogP contribution < -0.4 is 10.0 Å². The van der Waals surface area contributed by atoms with Crippen LogP contribution in [0, 0.1) is 0 Å². The molecule has 6 nitrogen and oxygen atoms in total. The van der Waals surface area contributed by atoms with Crippen LogP contribution in [0.2, 0.25) is 0 Å². The molecule has 25 heavy (non-hydrogen) atoms. The van der Waals surface area contributed by atoms with Gasteiger partial charge in [0.05, 0.1) is 16.3 Å². The monoisotopic (exact) mass is 356 g/mol. The number of phenols is 1. The van der Waals surface area contributed by atoms with Crippen molar-refractivity contribution < 1.29 is 18.3 Å². The Morgan fingerprint density at radius 1 is 0.960 bits per heavy atom. The summed E-state index contributed by atoms with van der Waals surface area (Å²) in [5.74, 6) is -0.619. The summed E-state index contributed by atoms with van der Waals surface area (Å²) >= 11 is 0. The summed E-state index contributed by atoms with van der Waals surface area (Å²) in [6.45, 7) is 1.27. The fourth-order valence-corrected chi connectivity index (χ4v) is 3.60. The van der Waals surface area contributed by atoms with E-state index in [-0.39, 0.29) is 16.3 Å². The maximum absolute atomic E-state index is 12.7. The molecule has 0 aliphatic carbocycles. The van der Waals surface area contributed by atoms with Crippen molar-refractivity contribution in [2.75, 3.05) is 10.0 Å². The third-order valence-electron chi connectivity index (χ3n) is 3.62. The third-order valence-corrected chi connectivity index (χ3v) is 4.99. The first kappa shape index (κ1) is 16.8. The van der Waals surface area contributed by atoms with Crippen LogP contribution in [0.3, 0.4) is 0 Å². The Bertz CT molecular complexity index is 1060. The van der Waals surface area contributed by atoms with Crippen molar-refractivity contribution in [1.29, 1.82) is 0 Å². The average molecular weight is 356 g/mol. The number of rotatable bonds is 4. The van der Waals surface area contributed by atoms with Gasteiger partial charge in [-0.1, -0.05) is 36.4 Å². The molecule has 0 aliphatic heterocycles. The molecule has 0 unspecified atom stereocenters. The molecular formula is C18H16N2O4S. The number of aromatic hydroxyl groups is 1. The lowest BCUT2D eigenvalue weighted by Gasteiger charge is -2.12. The first-order valence-corrected chi connectivity index (χ1v) is 8.96. The number of hydrogen-bond acceptors (Lipinski definition) is 4. The second-order valence-electron chi connectivity index (χ2n) is 5.49. The minimum absolute atomic E-state index is 0.0355. The molecule has 3 aromatic rings. The molecular weight excluding hydrogens is 340 g/mol. The summed E-state index contributed by atoms with van der Waals surface area (Å²) in [4.78, 5) is 11.1. The summed E-state index contributed by atoms with van der Waals surface area (Å²) in [5.41, 5.74) is 0.487. The number of fused-ring (bicyclic) bond motifs is 1. The van der Waals surface area contributed by atoms with Gasteiger partial charge in [0.1, 0.15) is 5.75 Å². The van der Waals surface area contributed by atoms with E-state index < -0.39 is 15.9 Å². The number of benzene rings is 3. The summed E-state index contributed by atoms with van der Waals surface area (Å²) in [6.07, 6.45) is 0. The lowest BCUT2D eigenvalue weighted by atomic mass is 10.1. The standard InChI is InChI=1S/C18H16N2O4S/c1-12(21)19-17-11-14(9-10-18(17)22)25(23,24)20-16-8-4-6-13-5-2-3-7-15(13)16/h2-11,20,22H,1H3,(H,19,21). The smallest absolute Gasteiger partial charge is 0.261 e. The Kier molecular flexibility index (Phi) is 4.33. The summed E-state index contributed by atoms with van der Waals surface area (Å²) in [6, 6.07) is 16.5. The number of sulfonamides is 1. The van der Waals surface area contributed by atoms with E-state index in [1.807, 2.05) is 30.3 Å². The summed E-state index contributed by atoms with van der Waals surface area (Å²) < 4.78 is 27.9. The van der Waals surface area contributed by atoms with E-state index in [4.69, 9.17) is 0 Å². The highest BCUT2D eigenvalue weighted by Crippen LogP contribution is 2.29. The van der Waals surface area contributed by atoms with Gasteiger partial charge >= 0.3 is 0 Å². The normalized spacial score (nSPS) is 11.2. The quantitative estimate of drug-likeness (QED) is 0.625. The van der Waals surface area contributed by atoms with E-state index in [0.717, 1.165) is 10.8 Å². The van der Waals surface area contributed by atoms with E-state index >= 15 is 0 Å². The second kappa shape index (κ2) is 6.45. The van der Waals surface area contributed by atoms with Gasteiger partial charge in [0, 0.05) is 12.3 Å². The Morgan fingerprint density at radius 2 is 1.68 bits per heavy atom. The van der Waals surface area contributed by atoms with E-state index in [1.165, 1.54) is 25.1 Å². The van der Waals surface area contributed by atoms with Crippen molar-refractivity contribution >= 4 is 38.1 Å². The van der Waals surface area contributed by atoms with Crippen LogP contribution in [0.1, 0.15) is 6.92 Å². The molecule has 0 aromatic heterocycles. The molecule has 3 rings (SSSR count). The minimum Gasteiger partial charge on any atom is -0.506 e. The molecule has 0 saturated carbocycles. The second-order valence-corrected chi connectivity index (χ2v) is 7.17. The van der Waals surface area contributed by atoms with Crippen LogP contribution >= 0.6 is 0 Å². The molecule has 0 saturated heterocycles. The molecule has 7 heteroatoms. The number of phenolic OH excluding ortho intramolecular Hbond substituents is 1. The van der Waals surface area contributed by atoms with Gasteiger partial charge in [-0.3, -0.25) is 9.52 Å². The highest BCUT2D eigenvalue weighted by atomic mass is 32.2. The summed E-state index contributed by atoms with van der Waals surface area (Å²) in [5, 5.41) is 13.8. The lowest BCUT2D eigenvalue weighted by Crippen LogP contribution is -2.14. The lowest BCUT2D eigenvalue weighted by molar-refractivity contribution is -0.114. The first-order chi connectivity index (χ1) is 11.9. The molecule has 0 heterocycles. The molecule has 1 amide bonds. The number of nitrogens with one attached hydrogen (secondary N) is 2. The molecule has 3 aromatic carbocycles. The molecule has 0 bridgehead atoms. The van der Waals surface area contributed by atoms with Gasteiger partial charge in [-0.05, 0) is 29.7 Å². The molecule has 0 spiro atoms. The molecule has 3 N–H and O–H groups in total. The Balaban J connectivity index is 2.01. The van der Waals surface area contributed by atoms with Crippen molar-refractivity contribution in [1.82, 2.24) is 0 Å².